The Bertz CT molecular complexity index is 2620. The lowest BCUT2D eigenvalue weighted by molar-refractivity contribution is -0.144. The molecule has 376 valence electrons. The zero-order valence-electron chi connectivity index (χ0n) is 39.6. The van der Waals surface area contributed by atoms with Crippen LogP contribution < -0.4 is 26.4 Å². The summed E-state index contributed by atoms with van der Waals surface area (Å²) in [6.45, 7) is 7.79. The lowest BCUT2D eigenvalue weighted by Gasteiger charge is -2.35. The minimum atomic E-state index is -1.47. The number of nitrogen functional groups attached to an aromatic ring is 1. The Balaban J connectivity index is 0.793. The van der Waals surface area contributed by atoms with E-state index in [1.165, 1.54) is 34.0 Å². The fourth-order valence-corrected chi connectivity index (χ4v) is 9.74. The van der Waals surface area contributed by atoms with E-state index in [0.29, 0.717) is 30.4 Å². The van der Waals surface area contributed by atoms with Gasteiger partial charge < -0.3 is 61.1 Å². The summed E-state index contributed by atoms with van der Waals surface area (Å²) in [6.07, 6.45) is -0.671. The maximum absolute atomic E-state index is 14.0. The van der Waals surface area contributed by atoms with Gasteiger partial charge in [-0.05, 0) is 60.1 Å². The Kier molecular flexibility index (Phi) is 17.1. The van der Waals surface area contributed by atoms with Crippen LogP contribution in [0.15, 0.2) is 66.6 Å². The normalized spacial score (nSPS) is 21.1. The summed E-state index contributed by atoms with van der Waals surface area (Å²) in [5.41, 5.74) is 10.6. The SMILES string of the molecule is Cc1ncsc1-c1ccc(CNC(=O)[C@@H]2C[C@@H](O)CN2C(=O)[C@@H](NC(=O)CCCCCCCNC(=O)COc2cc([C@@H](O)[C@H]3OC(n4ccc5c(N)ncnc54)[C@H](O)[C@@H]3O)ccc2Cl)C(C)(C)C)cc1. The number of unbranched alkanes of at least 4 members (excludes halogenated alkanes) is 4. The van der Waals surface area contributed by atoms with E-state index in [1.807, 2.05) is 52.0 Å². The molecule has 2 aliphatic rings. The lowest BCUT2D eigenvalue weighted by Crippen LogP contribution is -2.57. The number of anilines is 1. The van der Waals surface area contributed by atoms with Gasteiger partial charge in [-0.15, -0.1) is 11.3 Å². The summed E-state index contributed by atoms with van der Waals surface area (Å²) in [4.78, 5) is 68.3. The van der Waals surface area contributed by atoms with E-state index in [-0.39, 0.29) is 72.4 Å². The molecule has 0 radical (unpaired) electrons. The van der Waals surface area contributed by atoms with Gasteiger partial charge in [0.1, 0.15) is 60.0 Å². The van der Waals surface area contributed by atoms with Crippen molar-refractivity contribution in [3.8, 4) is 16.2 Å². The number of halogens is 1. The second kappa shape index (κ2) is 23.0. The van der Waals surface area contributed by atoms with Crippen LogP contribution in [0.3, 0.4) is 0 Å². The number of nitrogens with two attached hydrogens (primary N) is 1. The number of aryl methyl sites for hydroxylation is 1. The highest BCUT2D eigenvalue weighted by molar-refractivity contribution is 7.13. The monoisotopic (exact) mass is 1000 g/mol. The Morgan fingerprint density at radius 2 is 1.70 bits per heavy atom. The first-order valence-corrected chi connectivity index (χ1v) is 24.7. The molecule has 8 atom stereocenters. The predicted molar refractivity (Wildman–Crippen MR) is 262 cm³/mol. The number of thiazole rings is 1. The Morgan fingerprint density at radius 1 is 0.957 bits per heavy atom. The van der Waals surface area contributed by atoms with Gasteiger partial charge in [0, 0.05) is 38.7 Å². The smallest absolute Gasteiger partial charge is 0.257 e. The number of hydrogen-bond donors (Lipinski definition) is 8. The molecule has 70 heavy (non-hydrogen) atoms. The molecular weight excluding hydrogens is 942 g/mol. The number of ether oxygens (including phenoxy) is 2. The molecule has 7 rings (SSSR count). The van der Waals surface area contributed by atoms with Crippen LogP contribution in [0.5, 0.6) is 5.75 Å². The molecule has 0 bridgehead atoms. The molecule has 0 spiro atoms. The first-order valence-electron chi connectivity index (χ1n) is 23.4. The van der Waals surface area contributed by atoms with Crippen LogP contribution in [0.4, 0.5) is 5.82 Å². The number of nitrogens with one attached hydrogen (secondary N) is 3. The van der Waals surface area contributed by atoms with Crippen molar-refractivity contribution in [1.82, 2.24) is 40.4 Å². The van der Waals surface area contributed by atoms with Gasteiger partial charge in [0.2, 0.25) is 17.7 Å². The Labute approximate surface area is 414 Å². The van der Waals surface area contributed by atoms with Gasteiger partial charge >= 0.3 is 0 Å². The summed E-state index contributed by atoms with van der Waals surface area (Å²) < 4.78 is 13.2. The molecule has 2 saturated heterocycles. The van der Waals surface area contributed by atoms with Gasteiger partial charge in [-0.1, -0.05) is 82.0 Å². The fraction of sp³-hybridized carbons (Fsp3) is 0.490. The maximum atomic E-state index is 14.0. The molecule has 2 aliphatic heterocycles. The Morgan fingerprint density at radius 3 is 2.43 bits per heavy atom. The molecular formula is C49H62ClN9O10S. The third-order valence-electron chi connectivity index (χ3n) is 12.7. The number of β-amino-alcohol motifs (C(OH)–C–C–N with tert-alkyl or cyclic N) is 1. The quantitative estimate of drug-likeness (QED) is 0.0511. The van der Waals surface area contributed by atoms with E-state index in [2.05, 4.69) is 30.9 Å². The van der Waals surface area contributed by atoms with Crippen molar-refractivity contribution in [2.75, 3.05) is 25.4 Å². The molecule has 5 aromatic rings. The number of benzene rings is 2. The molecule has 19 nitrogen and oxygen atoms in total. The van der Waals surface area contributed by atoms with Gasteiger partial charge in [-0.2, -0.15) is 0 Å². The van der Waals surface area contributed by atoms with Gasteiger partial charge in [-0.25, -0.2) is 15.0 Å². The fourth-order valence-electron chi connectivity index (χ4n) is 8.75. The van der Waals surface area contributed by atoms with Gasteiger partial charge in [0.25, 0.3) is 5.91 Å². The number of fused-ring (bicyclic) bond motifs is 1. The zero-order chi connectivity index (χ0) is 50.3. The summed E-state index contributed by atoms with van der Waals surface area (Å²) in [6, 6.07) is 12.2. The average Bonchev–Trinajstić information content (AvgIpc) is 4.13. The molecule has 3 aromatic heterocycles. The van der Waals surface area contributed by atoms with Crippen molar-refractivity contribution in [1.29, 1.82) is 0 Å². The van der Waals surface area contributed by atoms with Crippen LogP contribution in [0, 0.1) is 12.3 Å². The van der Waals surface area contributed by atoms with Crippen LogP contribution in [-0.2, 0) is 30.5 Å². The van der Waals surface area contributed by atoms with Gasteiger partial charge in [0.15, 0.2) is 12.8 Å². The van der Waals surface area contributed by atoms with Crippen LogP contribution >= 0.6 is 22.9 Å². The van der Waals surface area contributed by atoms with Crippen molar-refractivity contribution in [2.45, 2.75) is 128 Å². The van der Waals surface area contributed by atoms with Crippen molar-refractivity contribution >= 4 is 63.4 Å². The third kappa shape index (κ3) is 12.4. The van der Waals surface area contributed by atoms with E-state index < -0.39 is 60.2 Å². The largest absolute Gasteiger partial charge is 0.482 e. The van der Waals surface area contributed by atoms with E-state index >= 15 is 0 Å². The number of aliphatic hydroxyl groups excluding tert-OH is 4. The summed E-state index contributed by atoms with van der Waals surface area (Å²) in [5.74, 6) is -1.08. The first kappa shape index (κ1) is 52.1. The van der Waals surface area contributed by atoms with E-state index in [1.54, 1.807) is 29.1 Å². The Hall–Kier alpha value is -5.74. The molecule has 0 saturated carbocycles. The second-order valence-corrected chi connectivity index (χ2v) is 20.2. The molecule has 1 unspecified atom stereocenters. The minimum Gasteiger partial charge on any atom is -0.482 e. The second-order valence-electron chi connectivity index (χ2n) is 18.9. The van der Waals surface area contributed by atoms with Gasteiger partial charge in [-0.3, -0.25) is 19.2 Å². The number of carbonyl (C=O) groups excluding carboxylic acids is 4. The summed E-state index contributed by atoms with van der Waals surface area (Å²) >= 11 is 7.93. The number of carbonyl (C=O) groups is 4. The highest BCUT2D eigenvalue weighted by atomic mass is 35.5. The van der Waals surface area contributed by atoms with Gasteiger partial charge in [0.05, 0.1) is 32.6 Å². The van der Waals surface area contributed by atoms with E-state index in [9.17, 15) is 39.6 Å². The maximum Gasteiger partial charge on any atom is 0.257 e. The minimum absolute atomic E-state index is 0.0111. The zero-order valence-corrected chi connectivity index (χ0v) is 41.2. The molecule has 21 heteroatoms. The number of hydrogen-bond acceptors (Lipinski definition) is 15. The summed E-state index contributed by atoms with van der Waals surface area (Å²) in [5, 5.41) is 53.0. The molecule has 5 heterocycles. The van der Waals surface area contributed by atoms with Crippen molar-refractivity contribution in [3.05, 3.63) is 88.4 Å². The van der Waals surface area contributed by atoms with Crippen LogP contribution in [0.1, 0.15) is 94.9 Å². The van der Waals surface area contributed by atoms with Crippen molar-refractivity contribution in [2.24, 2.45) is 5.41 Å². The lowest BCUT2D eigenvalue weighted by atomic mass is 9.85. The number of nitrogens with zero attached hydrogens (tertiary/aromatic N) is 5. The topological polar surface area (TPSA) is 277 Å². The van der Waals surface area contributed by atoms with Crippen molar-refractivity contribution in [3.63, 3.8) is 0 Å². The molecule has 2 aromatic carbocycles. The standard InChI is InChI=1S/C49H62ClN9O10S/c1-27-42(70-26-56-27)29-13-11-28(12-14-29)22-53-46(66)34-21-31(60)23-59(34)47(67)43(49(2,3)4)57-36(61)10-8-6-5-7-9-18-52-37(62)24-68-35-20-30(15-16-33(35)50)38(63)41-39(64)40(65)48(69-41)58-19-17-32-44(51)54-25-55-45(32)58/h11-17,19-20,25-26,31,34,38-41,43,48,60,63-65H,5-10,18,21-24H2,1-4H3,(H,52,62)(H,53,66)(H,57,61)(H2,51,54,55)/t31-,34+,38-,39+,40-,41-,43-,48?/m1/s1. The average molecular weight is 1000 g/mol. The number of amides is 4. The van der Waals surface area contributed by atoms with E-state index in [0.717, 1.165) is 41.0 Å². The molecule has 2 fully saturated rings. The molecule has 4 amide bonds. The number of likely N-dealkylation sites (tertiary alicyclic amines) is 1. The number of rotatable bonds is 20. The highest BCUT2D eigenvalue weighted by Gasteiger charge is 2.48. The van der Waals surface area contributed by atoms with Crippen molar-refractivity contribution < 1.29 is 49.1 Å². The highest BCUT2D eigenvalue weighted by Crippen LogP contribution is 2.39. The predicted octanol–water partition coefficient (Wildman–Crippen LogP) is 4.10. The van der Waals surface area contributed by atoms with Crippen LogP contribution in [0.25, 0.3) is 21.5 Å². The first-order chi connectivity index (χ1) is 33.4. The molecule has 0 aliphatic carbocycles. The summed E-state index contributed by atoms with van der Waals surface area (Å²) in [7, 11) is 0. The third-order valence-corrected chi connectivity index (χ3v) is 14.0. The van der Waals surface area contributed by atoms with E-state index in [4.69, 9.17) is 26.8 Å². The number of aromatic nitrogens is 4. The number of aliphatic hydroxyl groups is 4. The van der Waals surface area contributed by atoms with Crippen LogP contribution in [-0.4, -0.2) is 125 Å². The van der Waals surface area contributed by atoms with Crippen LogP contribution in [0.2, 0.25) is 5.02 Å². The molecule has 9 N–H and O–H groups in total.